The van der Waals surface area contributed by atoms with Gasteiger partial charge in [-0.3, -0.25) is 4.90 Å². The van der Waals surface area contributed by atoms with E-state index in [0.717, 1.165) is 32.6 Å². The highest BCUT2D eigenvalue weighted by molar-refractivity contribution is 7.89. The molecule has 1 unspecified atom stereocenters. The van der Waals surface area contributed by atoms with Crippen molar-refractivity contribution in [1.82, 2.24) is 14.5 Å². The van der Waals surface area contributed by atoms with Crippen molar-refractivity contribution in [1.29, 1.82) is 0 Å². The molecule has 0 bridgehead atoms. The van der Waals surface area contributed by atoms with Gasteiger partial charge in [0.25, 0.3) is 10.0 Å². The van der Waals surface area contributed by atoms with Gasteiger partial charge in [0.15, 0.2) is 0 Å². The van der Waals surface area contributed by atoms with E-state index in [4.69, 9.17) is 4.42 Å². The van der Waals surface area contributed by atoms with Gasteiger partial charge in [0.1, 0.15) is 11.4 Å². The topological polar surface area (TPSA) is 65.8 Å². The molecule has 1 aromatic heterocycles. The summed E-state index contributed by atoms with van der Waals surface area (Å²) in [4.78, 5) is 2.35. The third-order valence-electron chi connectivity index (χ3n) is 5.22. The minimum absolute atomic E-state index is 0. The zero-order chi connectivity index (χ0) is 17.6. The fourth-order valence-corrected chi connectivity index (χ4v) is 5.45. The lowest BCUT2D eigenvalue weighted by molar-refractivity contribution is 0.179. The van der Waals surface area contributed by atoms with Crippen LogP contribution < -0.4 is 5.32 Å². The number of hydrogen-bond acceptors (Lipinski definition) is 5. The third-order valence-corrected chi connectivity index (χ3v) is 7.09. The van der Waals surface area contributed by atoms with E-state index in [9.17, 15) is 12.8 Å². The van der Waals surface area contributed by atoms with E-state index in [1.165, 1.54) is 22.5 Å². The number of sulfonamides is 1. The molecular weight excluding hydrogens is 381 g/mol. The minimum Gasteiger partial charge on any atom is -0.443 e. The van der Waals surface area contributed by atoms with Crippen LogP contribution in [-0.2, 0) is 10.0 Å². The van der Waals surface area contributed by atoms with Gasteiger partial charge in [-0.2, -0.15) is 4.31 Å². The Morgan fingerprint density at radius 2 is 1.96 bits per heavy atom. The average Bonchev–Trinajstić information content (AvgIpc) is 3.22. The number of piperazine rings is 1. The Kier molecular flexibility index (Phi) is 5.60. The zero-order valence-corrected chi connectivity index (χ0v) is 16.2. The molecule has 1 atom stereocenters. The molecule has 0 saturated carbocycles. The van der Waals surface area contributed by atoms with Crippen molar-refractivity contribution in [3.05, 3.63) is 29.6 Å². The van der Waals surface area contributed by atoms with Crippen LogP contribution in [0.5, 0.6) is 0 Å². The Balaban J connectivity index is 0.00000196. The van der Waals surface area contributed by atoms with Crippen LogP contribution in [0.4, 0.5) is 4.39 Å². The van der Waals surface area contributed by atoms with Gasteiger partial charge in [-0.25, -0.2) is 12.8 Å². The molecule has 6 nitrogen and oxygen atoms in total. The summed E-state index contributed by atoms with van der Waals surface area (Å²) in [7, 11) is -3.71. The molecule has 2 aliphatic heterocycles. The summed E-state index contributed by atoms with van der Waals surface area (Å²) in [6.45, 7) is 6.41. The second kappa shape index (κ2) is 7.44. The largest absolute Gasteiger partial charge is 0.443 e. The second-order valence-electron chi connectivity index (χ2n) is 6.75. The Labute approximate surface area is 158 Å². The monoisotopic (exact) mass is 403 g/mol. The Hall–Kier alpha value is -1.19. The number of rotatable bonds is 3. The number of halogens is 2. The summed E-state index contributed by atoms with van der Waals surface area (Å²) in [5, 5.41) is 3.76. The van der Waals surface area contributed by atoms with Gasteiger partial charge in [0.05, 0.1) is 0 Å². The van der Waals surface area contributed by atoms with Crippen molar-refractivity contribution < 1.29 is 17.2 Å². The maximum Gasteiger partial charge on any atom is 0.276 e. The first-order chi connectivity index (χ1) is 12.0. The molecule has 0 radical (unpaired) electrons. The van der Waals surface area contributed by atoms with Crippen molar-refractivity contribution in [2.24, 2.45) is 0 Å². The van der Waals surface area contributed by atoms with Crippen LogP contribution in [0.15, 0.2) is 27.7 Å². The Morgan fingerprint density at radius 3 is 2.69 bits per heavy atom. The van der Waals surface area contributed by atoms with Crippen molar-refractivity contribution in [2.75, 3.05) is 39.3 Å². The molecule has 0 spiro atoms. The molecule has 0 aliphatic carbocycles. The molecule has 2 aromatic rings. The lowest BCUT2D eigenvalue weighted by atomic mass is 10.2. The van der Waals surface area contributed by atoms with Crippen LogP contribution in [0.1, 0.15) is 12.0 Å². The molecule has 0 amide bonds. The number of hydrogen-bond donors (Lipinski definition) is 1. The minimum atomic E-state index is -3.71. The van der Waals surface area contributed by atoms with Gasteiger partial charge in [-0.15, -0.1) is 12.4 Å². The highest BCUT2D eigenvalue weighted by Gasteiger charge is 2.38. The standard InChI is InChI=1S/C17H22FN3O3S.ClH/c1-12-15-10-13(18)2-3-16(15)24-17(12)25(22,23)21-7-4-14(11-21)20-8-5-19-6-9-20;/h2-3,10,14,19H,4-9,11H2,1H3;1H. The molecule has 2 saturated heterocycles. The third kappa shape index (κ3) is 3.36. The zero-order valence-electron chi connectivity index (χ0n) is 14.6. The van der Waals surface area contributed by atoms with Gasteiger partial charge < -0.3 is 9.73 Å². The number of benzene rings is 1. The lowest BCUT2D eigenvalue weighted by Crippen LogP contribution is -2.49. The number of fused-ring (bicyclic) bond motifs is 1. The van der Waals surface area contributed by atoms with Gasteiger partial charge >= 0.3 is 0 Å². The normalized spacial score (nSPS) is 22.6. The second-order valence-corrected chi connectivity index (χ2v) is 8.58. The molecule has 2 aliphatic rings. The maximum absolute atomic E-state index is 13.5. The number of nitrogens with one attached hydrogen (secondary N) is 1. The van der Waals surface area contributed by atoms with E-state index in [-0.39, 0.29) is 23.5 Å². The Bertz CT molecular complexity index is 896. The van der Waals surface area contributed by atoms with E-state index in [2.05, 4.69) is 10.2 Å². The van der Waals surface area contributed by atoms with E-state index in [1.807, 2.05) is 0 Å². The van der Waals surface area contributed by atoms with Gasteiger partial charge in [-0.05, 0) is 31.5 Å². The van der Waals surface area contributed by atoms with Crippen molar-refractivity contribution >= 4 is 33.4 Å². The molecule has 26 heavy (non-hydrogen) atoms. The highest BCUT2D eigenvalue weighted by Crippen LogP contribution is 2.32. The van der Waals surface area contributed by atoms with Crippen LogP contribution in [0.2, 0.25) is 0 Å². The first-order valence-corrected chi connectivity index (χ1v) is 10.0. The van der Waals surface area contributed by atoms with Crippen LogP contribution >= 0.6 is 12.4 Å². The summed E-state index contributed by atoms with van der Waals surface area (Å²) in [6, 6.07) is 4.32. The van der Waals surface area contributed by atoms with Crippen LogP contribution in [0, 0.1) is 12.7 Å². The van der Waals surface area contributed by atoms with Crippen molar-refractivity contribution in [3.63, 3.8) is 0 Å². The maximum atomic E-state index is 13.5. The fraction of sp³-hybridized carbons (Fsp3) is 0.529. The quantitative estimate of drug-likeness (QED) is 0.848. The smallest absolute Gasteiger partial charge is 0.276 e. The van der Waals surface area contributed by atoms with Crippen LogP contribution in [-0.4, -0.2) is 62.9 Å². The number of nitrogens with zero attached hydrogens (tertiary/aromatic N) is 2. The van der Waals surface area contributed by atoms with Crippen molar-refractivity contribution in [2.45, 2.75) is 24.5 Å². The van der Waals surface area contributed by atoms with Crippen molar-refractivity contribution in [3.8, 4) is 0 Å². The summed E-state index contributed by atoms with van der Waals surface area (Å²) in [5.74, 6) is -0.403. The first-order valence-electron chi connectivity index (χ1n) is 8.60. The molecule has 3 heterocycles. The Morgan fingerprint density at radius 1 is 1.23 bits per heavy atom. The molecule has 4 rings (SSSR count). The first kappa shape index (κ1) is 19.6. The van der Waals surface area contributed by atoms with Crippen LogP contribution in [0.25, 0.3) is 11.0 Å². The molecule has 144 valence electrons. The van der Waals surface area contributed by atoms with E-state index >= 15 is 0 Å². The summed E-state index contributed by atoms with van der Waals surface area (Å²) in [5.41, 5.74) is 0.871. The molecular formula is C17H23ClFN3O3S. The van der Waals surface area contributed by atoms with Gasteiger partial charge in [0.2, 0.25) is 5.09 Å². The predicted molar refractivity (Wildman–Crippen MR) is 99.8 cm³/mol. The number of aryl methyl sites for hydroxylation is 1. The SMILES string of the molecule is Cc1c(S(=O)(=O)N2CCC(N3CCNCC3)C2)oc2ccc(F)cc12.Cl. The predicted octanol–water partition coefficient (Wildman–Crippen LogP) is 1.97. The average molecular weight is 404 g/mol. The van der Waals surface area contributed by atoms with E-state index < -0.39 is 15.8 Å². The van der Waals surface area contributed by atoms with E-state index in [0.29, 0.717) is 29.6 Å². The van der Waals surface area contributed by atoms with Gasteiger partial charge in [-0.1, -0.05) is 0 Å². The number of furan rings is 1. The van der Waals surface area contributed by atoms with Gasteiger partial charge in [0, 0.05) is 56.3 Å². The van der Waals surface area contributed by atoms with E-state index in [1.54, 1.807) is 6.92 Å². The highest BCUT2D eigenvalue weighted by atomic mass is 35.5. The molecule has 1 aromatic carbocycles. The molecule has 9 heteroatoms. The van der Waals surface area contributed by atoms with Crippen LogP contribution in [0.3, 0.4) is 0 Å². The summed E-state index contributed by atoms with van der Waals surface area (Å²) >= 11 is 0. The lowest BCUT2D eigenvalue weighted by Gasteiger charge is -2.32. The summed E-state index contributed by atoms with van der Waals surface area (Å²) in [6.07, 6.45) is 0.827. The fourth-order valence-electron chi connectivity index (χ4n) is 3.81. The molecule has 2 fully saturated rings. The summed E-state index contributed by atoms with van der Waals surface area (Å²) < 4.78 is 46.7. The molecule has 1 N–H and O–H groups in total.